The van der Waals surface area contributed by atoms with Gasteiger partial charge in [0.2, 0.25) is 6.79 Å². The van der Waals surface area contributed by atoms with E-state index in [0.717, 1.165) is 17.9 Å². The molecule has 7 heteroatoms. The van der Waals surface area contributed by atoms with E-state index in [2.05, 4.69) is 5.32 Å². The highest BCUT2D eigenvalue weighted by Crippen LogP contribution is 2.33. The third kappa shape index (κ3) is 3.00. The lowest BCUT2D eigenvalue weighted by molar-refractivity contribution is 0.0938. The highest BCUT2D eigenvalue weighted by atomic mass is 32.2. The largest absolute Gasteiger partial charge is 0.454 e. The number of ether oxygens (including phenoxy) is 2. The van der Waals surface area contributed by atoms with E-state index in [1.807, 2.05) is 11.8 Å². The SMILES string of the molecule is Cc1ccn(-c2ccc3c(c2)OCO3)c(=O)c1C(=O)NC1CCSC1. The Morgan fingerprint density at radius 1 is 1.28 bits per heavy atom. The Kier molecular flexibility index (Phi) is 4.17. The number of pyridine rings is 1. The molecule has 1 saturated heterocycles. The van der Waals surface area contributed by atoms with Crippen molar-refractivity contribution in [3.8, 4) is 17.2 Å². The zero-order valence-electron chi connectivity index (χ0n) is 13.8. The molecule has 1 fully saturated rings. The molecule has 0 aliphatic carbocycles. The van der Waals surface area contributed by atoms with Crippen LogP contribution in [0.15, 0.2) is 35.3 Å². The number of nitrogens with one attached hydrogen (secondary N) is 1. The summed E-state index contributed by atoms with van der Waals surface area (Å²) in [4.78, 5) is 25.6. The number of hydrogen-bond acceptors (Lipinski definition) is 5. The maximum absolute atomic E-state index is 12.9. The second kappa shape index (κ2) is 6.48. The summed E-state index contributed by atoms with van der Waals surface area (Å²) in [5.74, 6) is 2.89. The first-order valence-electron chi connectivity index (χ1n) is 8.14. The molecule has 1 atom stereocenters. The number of rotatable bonds is 3. The van der Waals surface area contributed by atoms with Crippen molar-refractivity contribution in [2.75, 3.05) is 18.3 Å². The summed E-state index contributed by atoms with van der Waals surface area (Å²) < 4.78 is 12.1. The van der Waals surface area contributed by atoms with Gasteiger partial charge in [0.15, 0.2) is 11.5 Å². The molecule has 0 saturated carbocycles. The molecule has 6 nitrogen and oxygen atoms in total. The van der Waals surface area contributed by atoms with Gasteiger partial charge in [-0.3, -0.25) is 14.2 Å². The number of amides is 1. The number of carbonyl (C=O) groups is 1. The van der Waals surface area contributed by atoms with Gasteiger partial charge in [0.25, 0.3) is 11.5 Å². The molecule has 2 aliphatic rings. The van der Waals surface area contributed by atoms with Gasteiger partial charge in [-0.15, -0.1) is 0 Å². The minimum atomic E-state index is -0.331. The highest BCUT2D eigenvalue weighted by molar-refractivity contribution is 7.99. The van der Waals surface area contributed by atoms with E-state index in [1.54, 1.807) is 37.4 Å². The van der Waals surface area contributed by atoms with Crippen molar-refractivity contribution < 1.29 is 14.3 Å². The number of fused-ring (bicyclic) bond motifs is 1. The molecule has 3 heterocycles. The summed E-state index contributed by atoms with van der Waals surface area (Å²) >= 11 is 1.82. The Bertz CT molecular complexity index is 887. The van der Waals surface area contributed by atoms with Gasteiger partial charge >= 0.3 is 0 Å². The first-order chi connectivity index (χ1) is 12.1. The summed E-state index contributed by atoms with van der Waals surface area (Å²) in [6, 6.07) is 7.20. The van der Waals surface area contributed by atoms with Crippen LogP contribution in [0.5, 0.6) is 11.5 Å². The predicted octanol–water partition coefficient (Wildman–Crippen LogP) is 2.11. The van der Waals surface area contributed by atoms with Gasteiger partial charge in [0.1, 0.15) is 5.56 Å². The van der Waals surface area contributed by atoms with E-state index >= 15 is 0 Å². The molecule has 1 aromatic heterocycles. The molecule has 2 aliphatic heterocycles. The normalized spacial score (nSPS) is 18.4. The smallest absolute Gasteiger partial charge is 0.268 e. The van der Waals surface area contributed by atoms with Crippen LogP contribution in [0.4, 0.5) is 0 Å². The lowest BCUT2D eigenvalue weighted by Crippen LogP contribution is -2.39. The monoisotopic (exact) mass is 358 g/mol. The first kappa shape index (κ1) is 16.1. The van der Waals surface area contributed by atoms with E-state index in [-0.39, 0.29) is 29.9 Å². The Hall–Kier alpha value is -2.41. The molecule has 1 unspecified atom stereocenters. The molecule has 1 amide bonds. The molecule has 0 radical (unpaired) electrons. The summed E-state index contributed by atoms with van der Waals surface area (Å²) in [7, 11) is 0. The molecule has 25 heavy (non-hydrogen) atoms. The van der Waals surface area contributed by atoms with Gasteiger partial charge in [-0.25, -0.2) is 0 Å². The van der Waals surface area contributed by atoms with Crippen molar-refractivity contribution in [1.29, 1.82) is 0 Å². The maximum Gasteiger partial charge on any atom is 0.268 e. The van der Waals surface area contributed by atoms with Crippen molar-refractivity contribution >= 4 is 17.7 Å². The summed E-state index contributed by atoms with van der Waals surface area (Å²) in [6.07, 6.45) is 2.62. The molecule has 130 valence electrons. The summed E-state index contributed by atoms with van der Waals surface area (Å²) in [6.45, 7) is 1.96. The van der Waals surface area contributed by atoms with E-state index in [0.29, 0.717) is 22.7 Å². The maximum atomic E-state index is 12.9. The van der Waals surface area contributed by atoms with Crippen molar-refractivity contribution in [2.45, 2.75) is 19.4 Å². The average molecular weight is 358 g/mol. The second-order valence-corrected chi connectivity index (χ2v) is 7.27. The first-order valence-corrected chi connectivity index (χ1v) is 9.30. The zero-order chi connectivity index (χ0) is 17.4. The van der Waals surface area contributed by atoms with Crippen LogP contribution in [0.3, 0.4) is 0 Å². The predicted molar refractivity (Wildman–Crippen MR) is 96.1 cm³/mol. The highest BCUT2D eigenvalue weighted by Gasteiger charge is 2.23. The zero-order valence-corrected chi connectivity index (χ0v) is 14.6. The molecule has 0 spiro atoms. The van der Waals surface area contributed by atoms with Crippen LogP contribution in [-0.2, 0) is 0 Å². The van der Waals surface area contributed by atoms with Crippen molar-refractivity contribution in [1.82, 2.24) is 9.88 Å². The van der Waals surface area contributed by atoms with Crippen molar-refractivity contribution in [3.05, 3.63) is 51.9 Å². The average Bonchev–Trinajstić information content (AvgIpc) is 3.25. The number of carbonyl (C=O) groups excluding carboxylic acids is 1. The Morgan fingerprint density at radius 3 is 2.92 bits per heavy atom. The fourth-order valence-corrected chi connectivity index (χ4v) is 4.20. The molecule has 1 N–H and O–H groups in total. The van der Waals surface area contributed by atoms with Crippen LogP contribution in [-0.4, -0.2) is 34.8 Å². The van der Waals surface area contributed by atoms with Crippen LogP contribution >= 0.6 is 11.8 Å². The lowest BCUT2D eigenvalue weighted by Gasteiger charge is -2.14. The van der Waals surface area contributed by atoms with E-state index < -0.39 is 0 Å². The molecule has 0 bridgehead atoms. The molecule has 2 aromatic rings. The standard InChI is InChI=1S/C18H18N2O4S/c1-11-4-6-20(13-2-3-14-15(8-13)24-10-23-14)18(22)16(11)17(21)19-12-5-7-25-9-12/h2-4,6,8,12H,5,7,9-10H2,1H3,(H,19,21). The van der Waals surface area contributed by atoms with Crippen LogP contribution in [0.1, 0.15) is 22.3 Å². The van der Waals surface area contributed by atoms with Gasteiger partial charge in [0.05, 0.1) is 5.69 Å². The number of thioether (sulfide) groups is 1. The van der Waals surface area contributed by atoms with Gasteiger partial charge in [-0.05, 0) is 42.9 Å². The number of nitrogens with zero attached hydrogens (tertiary/aromatic N) is 1. The Morgan fingerprint density at radius 2 is 2.12 bits per heavy atom. The van der Waals surface area contributed by atoms with E-state index in [1.165, 1.54) is 4.57 Å². The van der Waals surface area contributed by atoms with Gasteiger partial charge in [0, 0.05) is 24.1 Å². The minimum absolute atomic E-state index is 0.135. The van der Waals surface area contributed by atoms with Gasteiger partial charge < -0.3 is 14.8 Å². The van der Waals surface area contributed by atoms with E-state index in [9.17, 15) is 9.59 Å². The number of hydrogen-bond donors (Lipinski definition) is 1. The summed E-state index contributed by atoms with van der Waals surface area (Å²) in [5, 5.41) is 2.98. The quantitative estimate of drug-likeness (QED) is 0.910. The number of benzene rings is 1. The topological polar surface area (TPSA) is 69.6 Å². The van der Waals surface area contributed by atoms with Crippen molar-refractivity contribution in [2.24, 2.45) is 0 Å². The van der Waals surface area contributed by atoms with Crippen LogP contribution < -0.4 is 20.3 Å². The number of aryl methyl sites for hydroxylation is 1. The number of aromatic nitrogens is 1. The van der Waals surface area contributed by atoms with Crippen LogP contribution in [0.25, 0.3) is 5.69 Å². The van der Waals surface area contributed by atoms with Gasteiger partial charge in [-0.1, -0.05) is 0 Å². The summed E-state index contributed by atoms with van der Waals surface area (Å²) in [5.41, 5.74) is 1.17. The fourth-order valence-electron chi connectivity index (χ4n) is 3.05. The van der Waals surface area contributed by atoms with Crippen molar-refractivity contribution in [3.63, 3.8) is 0 Å². The Balaban J connectivity index is 1.70. The van der Waals surface area contributed by atoms with E-state index in [4.69, 9.17) is 9.47 Å². The lowest BCUT2D eigenvalue weighted by atomic mass is 10.1. The third-order valence-electron chi connectivity index (χ3n) is 4.43. The van der Waals surface area contributed by atoms with Gasteiger partial charge in [-0.2, -0.15) is 11.8 Å². The minimum Gasteiger partial charge on any atom is -0.454 e. The molecular weight excluding hydrogens is 340 g/mol. The van der Waals surface area contributed by atoms with Crippen LogP contribution in [0, 0.1) is 6.92 Å². The van der Waals surface area contributed by atoms with Crippen LogP contribution in [0.2, 0.25) is 0 Å². The molecule has 1 aromatic carbocycles. The fraction of sp³-hybridized carbons (Fsp3) is 0.333. The Labute approximate surface area is 149 Å². The molecular formula is C18H18N2O4S. The molecule has 4 rings (SSSR count). The third-order valence-corrected chi connectivity index (χ3v) is 5.59. The second-order valence-electron chi connectivity index (χ2n) is 6.12.